The molecular formula is C13H13BrN2O. The summed E-state index contributed by atoms with van der Waals surface area (Å²) < 4.78 is 2.85. The van der Waals surface area contributed by atoms with Gasteiger partial charge < -0.3 is 4.57 Å². The molecule has 0 saturated heterocycles. The predicted octanol–water partition coefficient (Wildman–Crippen LogP) is 2.96. The molecular weight excluding hydrogens is 280 g/mol. The number of hydrogen-bond acceptors (Lipinski definition) is 2. The van der Waals surface area contributed by atoms with Crippen LogP contribution in [0, 0.1) is 5.92 Å². The zero-order chi connectivity index (χ0) is 11.8. The lowest BCUT2D eigenvalue weighted by atomic mass is 9.85. The molecule has 17 heavy (non-hydrogen) atoms. The molecule has 1 fully saturated rings. The van der Waals surface area contributed by atoms with E-state index in [2.05, 4.69) is 20.9 Å². The highest BCUT2D eigenvalue weighted by Crippen LogP contribution is 2.28. The molecule has 0 amide bonds. The number of nitrogens with zero attached hydrogens (tertiary/aromatic N) is 2. The van der Waals surface area contributed by atoms with Gasteiger partial charge in [0.05, 0.1) is 17.2 Å². The van der Waals surface area contributed by atoms with Crippen LogP contribution in [-0.2, 0) is 6.54 Å². The topological polar surface area (TPSA) is 34.9 Å². The van der Waals surface area contributed by atoms with Crippen LogP contribution in [0.15, 0.2) is 33.7 Å². The van der Waals surface area contributed by atoms with Crippen molar-refractivity contribution in [3.8, 4) is 0 Å². The van der Waals surface area contributed by atoms with E-state index in [0.717, 1.165) is 22.1 Å². The summed E-state index contributed by atoms with van der Waals surface area (Å²) in [5.74, 6) is 0.668. The van der Waals surface area contributed by atoms with E-state index in [1.54, 1.807) is 0 Å². The molecule has 0 spiro atoms. The highest BCUT2D eigenvalue weighted by molar-refractivity contribution is 9.10. The first-order chi connectivity index (χ1) is 8.24. The Kier molecular flexibility index (Phi) is 2.74. The highest BCUT2D eigenvalue weighted by atomic mass is 79.9. The summed E-state index contributed by atoms with van der Waals surface area (Å²) in [7, 11) is 0. The zero-order valence-electron chi connectivity index (χ0n) is 9.40. The van der Waals surface area contributed by atoms with Crippen molar-refractivity contribution in [2.75, 3.05) is 0 Å². The first-order valence-corrected chi connectivity index (χ1v) is 6.68. The lowest BCUT2D eigenvalue weighted by molar-refractivity contribution is 0.277. The molecule has 1 aliphatic carbocycles. The minimum atomic E-state index is 0.00622. The Bertz CT molecular complexity index is 616. The maximum Gasteiger partial charge on any atom is 0.269 e. The van der Waals surface area contributed by atoms with Gasteiger partial charge in [-0.25, -0.2) is 4.98 Å². The summed E-state index contributed by atoms with van der Waals surface area (Å²) in [6, 6.07) is 5.87. The number of rotatable bonds is 2. The van der Waals surface area contributed by atoms with Crippen LogP contribution in [0.1, 0.15) is 19.3 Å². The van der Waals surface area contributed by atoms with E-state index in [4.69, 9.17) is 0 Å². The number of halogens is 1. The van der Waals surface area contributed by atoms with Gasteiger partial charge in [0.15, 0.2) is 0 Å². The summed E-state index contributed by atoms with van der Waals surface area (Å²) in [6.45, 7) is 0.833. The molecule has 4 heteroatoms. The highest BCUT2D eigenvalue weighted by Gasteiger charge is 2.19. The third-order valence-electron chi connectivity index (χ3n) is 3.47. The van der Waals surface area contributed by atoms with Crippen LogP contribution in [-0.4, -0.2) is 9.55 Å². The Morgan fingerprint density at radius 3 is 2.94 bits per heavy atom. The summed E-state index contributed by atoms with van der Waals surface area (Å²) in [6.07, 6.45) is 5.21. The minimum Gasteiger partial charge on any atom is -0.305 e. The molecule has 1 aliphatic rings. The SMILES string of the molecule is O=c1cnc2cc(Br)ccc2n1CC1CCC1. The third kappa shape index (κ3) is 2.02. The molecule has 1 heterocycles. The molecule has 0 bridgehead atoms. The molecule has 1 aromatic heterocycles. The van der Waals surface area contributed by atoms with E-state index in [9.17, 15) is 4.79 Å². The van der Waals surface area contributed by atoms with Crippen LogP contribution in [0.2, 0.25) is 0 Å². The van der Waals surface area contributed by atoms with Gasteiger partial charge in [-0.2, -0.15) is 0 Å². The molecule has 0 radical (unpaired) electrons. The van der Waals surface area contributed by atoms with Gasteiger partial charge in [0.1, 0.15) is 0 Å². The van der Waals surface area contributed by atoms with Crippen molar-refractivity contribution < 1.29 is 0 Å². The van der Waals surface area contributed by atoms with Crippen LogP contribution < -0.4 is 5.56 Å². The quantitative estimate of drug-likeness (QED) is 0.853. The van der Waals surface area contributed by atoms with Gasteiger partial charge in [0, 0.05) is 11.0 Å². The molecule has 1 saturated carbocycles. The average Bonchev–Trinajstić information content (AvgIpc) is 2.25. The smallest absolute Gasteiger partial charge is 0.269 e. The van der Waals surface area contributed by atoms with Crippen LogP contribution in [0.3, 0.4) is 0 Å². The van der Waals surface area contributed by atoms with Gasteiger partial charge in [-0.3, -0.25) is 4.79 Å². The van der Waals surface area contributed by atoms with Crippen LogP contribution >= 0.6 is 15.9 Å². The summed E-state index contributed by atoms with van der Waals surface area (Å²) >= 11 is 3.42. The fourth-order valence-electron chi connectivity index (χ4n) is 2.26. The Labute approximate surface area is 108 Å². The summed E-state index contributed by atoms with van der Waals surface area (Å²) in [5, 5.41) is 0. The number of fused-ring (bicyclic) bond motifs is 1. The molecule has 3 rings (SSSR count). The van der Waals surface area contributed by atoms with Crippen LogP contribution in [0.25, 0.3) is 11.0 Å². The second-order valence-corrected chi connectivity index (χ2v) is 5.55. The lowest BCUT2D eigenvalue weighted by Crippen LogP contribution is -2.27. The molecule has 1 aromatic carbocycles. The largest absolute Gasteiger partial charge is 0.305 e. The molecule has 0 aliphatic heterocycles. The maximum atomic E-state index is 11.9. The molecule has 0 N–H and O–H groups in total. The number of aromatic nitrogens is 2. The van der Waals surface area contributed by atoms with Crippen molar-refractivity contribution in [2.24, 2.45) is 5.92 Å². The average molecular weight is 293 g/mol. The first kappa shape index (κ1) is 11.0. The van der Waals surface area contributed by atoms with Gasteiger partial charge in [-0.1, -0.05) is 22.4 Å². The predicted molar refractivity (Wildman–Crippen MR) is 71.0 cm³/mol. The third-order valence-corrected chi connectivity index (χ3v) is 3.97. The van der Waals surface area contributed by atoms with Crippen molar-refractivity contribution in [1.29, 1.82) is 0 Å². The monoisotopic (exact) mass is 292 g/mol. The number of hydrogen-bond donors (Lipinski definition) is 0. The fourth-order valence-corrected chi connectivity index (χ4v) is 2.61. The van der Waals surface area contributed by atoms with Crippen molar-refractivity contribution >= 4 is 27.0 Å². The Morgan fingerprint density at radius 1 is 1.41 bits per heavy atom. The van der Waals surface area contributed by atoms with Crippen molar-refractivity contribution in [3.63, 3.8) is 0 Å². The molecule has 0 atom stereocenters. The molecule has 88 valence electrons. The van der Waals surface area contributed by atoms with Crippen molar-refractivity contribution in [1.82, 2.24) is 9.55 Å². The molecule has 0 unspecified atom stereocenters. The van der Waals surface area contributed by atoms with E-state index < -0.39 is 0 Å². The van der Waals surface area contributed by atoms with E-state index in [-0.39, 0.29) is 5.56 Å². The van der Waals surface area contributed by atoms with E-state index in [0.29, 0.717) is 5.92 Å². The second kappa shape index (κ2) is 4.26. The van der Waals surface area contributed by atoms with Crippen molar-refractivity contribution in [3.05, 3.63) is 39.2 Å². The van der Waals surface area contributed by atoms with Gasteiger partial charge in [-0.05, 0) is 37.0 Å². The van der Waals surface area contributed by atoms with Crippen LogP contribution in [0.4, 0.5) is 0 Å². The first-order valence-electron chi connectivity index (χ1n) is 5.89. The fraction of sp³-hybridized carbons (Fsp3) is 0.385. The van der Waals surface area contributed by atoms with Gasteiger partial charge in [-0.15, -0.1) is 0 Å². The minimum absolute atomic E-state index is 0.00622. The van der Waals surface area contributed by atoms with Gasteiger partial charge >= 0.3 is 0 Å². The Hall–Kier alpha value is -1.16. The van der Waals surface area contributed by atoms with Gasteiger partial charge in [0.25, 0.3) is 5.56 Å². The normalized spacial score (nSPS) is 16.1. The summed E-state index contributed by atoms with van der Waals surface area (Å²) in [4.78, 5) is 16.1. The standard InChI is InChI=1S/C13H13BrN2O/c14-10-4-5-12-11(6-10)15-7-13(17)16(12)8-9-2-1-3-9/h4-7,9H,1-3,8H2. The van der Waals surface area contributed by atoms with Gasteiger partial charge in [0.2, 0.25) is 0 Å². The van der Waals surface area contributed by atoms with E-state index >= 15 is 0 Å². The zero-order valence-corrected chi connectivity index (χ0v) is 11.0. The lowest BCUT2D eigenvalue weighted by Gasteiger charge is -2.26. The Morgan fingerprint density at radius 2 is 2.24 bits per heavy atom. The van der Waals surface area contributed by atoms with Crippen molar-refractivity contribution in [2.45, 2.75) is 25.8 Å². The van der Waals surface area contributed by atoms with E-state index in [1.807, 2.05) is 22.8 Å². The summed E-state index contributed by atoms with van der Waals surface area (Å²) in [5.41, 5.74) is 1.82. The second-order valence-electron chi connectivity index (χ2n) is 4.64. The number of benzene rings is 1. The van der Waals surface area contributed by atoms with Crippen LogP contribution in [0.5, 0.6) is 0 Å². The Balaban J connectivity index is 2.13. The van der Waals surface area contributed by atoms with E-state index in [1.165, 1.54) is 25.5 Å². The molecule has 2 aromatic rings. The molecule has 3 nitrogen and oxygen atoms in total. The maximum absolute atomic E-state index is 11.9.